The molecule has 16 heavy (non-hydrogen) atoms. The monoisotopic (exact) mass is 257 g/mol. The molecule has 0 aliphatic heterocycles. The van der Waals surface area contributed by atoms with Crippen LogP contribution in [0.2, 0.25) is 10.0 Å². The molecular weight excluding hydrogens is 241 g/mol. The van der Waals surface area contributed by atoms with Gasteiger partial charge in [-0.2, -0.15) is 0 Å². The fourth-order valence-electron chi connectivity index (χ4n) is 1.91. The molecule has 1 aromatic carbocycles. The van der Waals surface area contributed by atoms with Crippen LogP contribution in [-0.2, 0) is 0 Å². The van der Waals surface area contributed by atoms with Crippen molar-refractivity contribution < 1.29 is 0 Å². The molecular formula is C13H17Cl2N. The van der Waals surface area contributed by atoms with E-state index >= 15 is 0 Å². The number of hydrogen-bond acceptors (Lipinski definition) is 1. The van der Waals surface area contributed by atoms with Crippen LogP contribution in [0.3, 0.4) is 0 Å². The van der Waals surface area contributed by atoms with Crippen LogP contribution in [0.15, 0.2) is 18.2 Å². The normalized spacial score (nSPS) is 19.5. The zero-order valence-corrected chi connectivity index (χ0v) is 11.1. The third-order valence-corrected chi connectivity index (χ3v) is 4.13. The van der Waals surface area contributed by atoms with Gasteiger partial charge in [-0.15, -0.1) is 0 Å². The number of nitrogens with one attached hydrogen (secondary N) is 1. The van der Waals surface area contributed by atoms with Gasteiger partial charge in [0.15, 0.2) is 0 Å². The fourth-order valence-corrected chi connectivity index (χ4v) is 2.39. The van der Waals surface area contributed by atoms with Crippen molar-refractivity contribution in [2.75, 3.05) is 0 Å². The largest absolute Gasteiger partial charge is 0.311 e. The molecule has 0 bridgehead atoms. The Kier molecular flexibility index (Phi) is 3.78. The molecule has 88 valence electrons. The average molecular weight is 258 g/mol. The molecule has 0 heterocycles. The molecule has 2 unspecified atom stereocenters. The summed E-state index contributed by atoms with van der Waals surface area (Å²) in [6, 6.07) is 7.01. The standard InChI is InChI=1S/C13H17Cl2N/c1-8(9(2)16-10-6-7-10)11-4-3-5-12(14)13(11)15/h3-5,8-10,16H,6-7H2,1-2H3. The minimum atomic E-state index is 0.381. The Morgan fingerprint density at radius 2 is 1.94 bits per heavy atom. The van der Waals surface area contributed by atoms with E-state index in [9.17, 15) is 0 Å². The highest BCUT2D eigenvalue weighted by Gasteiger charge is 2.26. The van der Waals surface area contributed by atoms with Crippen molar-refractivity contribution in [3.63, 3.8) is 0 Å². The van der Waals surface area contributed by atoms with E-state index in [2.05, 4.69) is 25.2 Å². The van der Waals surface area contributed by atoms with Crippen molar-refractivity contribution in [1.82, 2.24) is 5.32 Å². The molecule has 0 radical (unpaired) electrons. The Labute approximate surface area is 107 Å². The van der Waals surface area contributed by atoms with Crippen molar-refractivity contribution in [2.45, 2.75) is 44.7 Å². The summed E-state index contributed by atoms with van der Waals surface area (Å²) in [5.41, 5.74) is 1.13. The van der Waals surface area contributed by atoms with Crippen molar-refractivity contribution in [3.05, 3.63) is 33.8 Å². The highest BCUT2D eigenvalue weighted by molar-refractivity contribution is 6.42. The molecule has 1 saturated carbocycles. The summed E-state index contributed by atoms with van der Waals surface area (Å²) >= 11 is 12.3. The lowest BCUT2D eigenvalue weighted by Gasteiger charge is -2.23. The quantitative estimate of drug-likeness (QED) is 0.851. The second-order valence-corrected chi connectivity index (χ2v) is 5.45. The van der Waals surface area contributed by atoms with Crippen LogP contribution < -0.4 is 5.32 Å². The van der Waals surface area contributed by atoms with Gasteiger partial charge in [0.25, 0.3) is 0 Å². The molecule has 3 heteroatoms. The highest BCUT2D eigenvalue weighted by Crippen LogP contribution is 2.33. The summed E-state index contributed by atoms with van der Waals surface area (Å²) in [5, 5.41) is 4.94. The van der Waals surface area contributed by atoms with Gasteiger partial charge in [0.2, 0.25) is 0 Å². The van der Waals surface area contributed by atoms with Gasteiger partial charge in [-0.3, -0.25) is 0 Å². The van der Waals surface area contributed by atoms with Crippen LogP contribution in [0, 0.1) is 0 Å². The fraction of sp³-hybridized carbons (Fsp3) is 0.538. The van der Waals surface area contributed by atoms with E-state index in [-0.39, 0.29) is 0 Å². The zero-order valence-electron chi connectivity index (χ0n) is 9.63. The summed E-state index contributed by atoms with van der Waals surface area (Å²) in [6.07, 6.45) is 2.61. The number of hydrogen-bond donors (Lipinski definition) is 1. The summed E-state index contributed by atoms with van der Waals surface area (Å²) in [6.45, 7) is 4.40. The lowest BCUT2D eigenvalue weighted by molar-refractivity contribution is 0.478. The Morgan fingerprint density at radius 1 is 1.25 bits per heavy atom. The molecule has 0 saturated heterocycles. The number of benzene rings is 1. The predicted octanol–water partition coefficient (Wildman–Crippen LogP) is 4.24. The van der Waals surface area contributed by atoms with Gasteiger partial charge in [0.05, 0.1) is 10.0 Å². The third kappa shape index (κ3) is 2.71. The van der Waals surface area contributed by atoms with E-state index in [1.165, 1.54) is 12.8 Å². The molecule has 1 nitrogen and oxygen atoms in total. The van der Waals surface area contributed by atoms with Crippen LogP contribution >= 0.6 is 23.2 Å². The SMILES string of the molecule is CC(NC1CC1)C(C)c1cccc(Cl)c1Cl. The molecule has 1 aliphatic rings. The van der Waals surface area contributed by atoms with Gasteiger partial charge in [0.1, 0.15) is 0 Å². The van der Waals surface area contributed by atoms with Gasteiger partial charge in [-0.1, -0.05) is 42.3 Å². The molecule has 0 spiro atoms. The van der Waals surface area contributed by atoms with E-state index in [0.717, 1.165) is 11.6 Å². The smallest absolute Gasteiger partial charge is 0.0627 e. The molecule has 1 fully saturated rings. The van der Waals surface area contributed by atoms with Crippen LogP contribution in [0.4, 0.5) is 0 Å². The molecule has 1 aliphatic carbocycles. The van der Waals surface area contributed by atoms with Crippen LogP contribution in [0.25, 0.3) is 0 Å². The van der Waals surface area contributed by atoms with Crippen LogP contribution in [-0.4, -0.2) is 12.1 Å². The minimum Gasteiger partial charge on any atom is -0.311 e. The molecule has 0 amide bonds. The Balaban J connectivity index is 2.12. The van der Waals surface area contributed by atoms with Crippen molar-refractivity contribution >= 4 is 23.2 Å². The highest BCUT2D eigenvalue weighted by atomic mass is 35.5. The van der Waals surface area contributed by atoms with E-state index < -0.39 is 0 Å². The first kappa shape index (κ1) is 12.2. The first-order chi connectivity index (χ1) is 7.59. The van der Waals surface area contributed by atoms with E-state index in [1.807, 2.05) is 12.1 Å². The maximum Gasteiger partial charge on any atom is 0.0627 e. The third-order valence-electron chi connectivity index (χ3n) is 3.30. The topological polar surface area (TPSA) is 12.0 Å². The van der Waals surface area contributed by atoms with E-state index in [0.29, 0.717) is 22.0 Å². The van der Waals surface area contributed by atoms with E-state index in [4.69, 9.17) is 23.2 Å². The van der Waals surface area contributed by atoms with Crippen LogP contribution in [0.5, 0.6) is 0 Å². The summed E-state index contributed by atoms with van der Waals surface area (Å²) in [4.78, 5) is 0. The van der Waals surface area contributed by atoms with Gasteiger partial charge in [-0.05, 0) is 37.3 Å². The summed E-state index contributed by atoms with van der Waals surface area (Å²) in [7, 11) is 0. The first-order valence-corrected chi connectivity index (χ1v) is 6.55. The van der Waals surface area contributed by atoms with Gasteiger partial charge < -0.3 is 5.32 Å². The number of halogens is 2. The van der Waals surface area contributed by atoms with Gasteiger partial charge in [-0.25, -0.2) is 0 Å². The molecule has 1 aromatic rings. The van der Waals surface area contributed by atoms with Crippen molar-refractivity contribution in [1.29, 1.82) is 0 Å². The lowest BCUT2D eigenvalue weighted by Crippen LogP contribution is -2.32. The van der Waals surface area contributed by atoms with Crippen molar-refractivity contribution in [2.24, 2.45) is 0 Å². The van der Waals surface area contributed by atoms with E-state index in [1.54, 1.807) is 0 Å². The van der Waals surface area contributed by atoms with Crippen LogP contribution in [0.1, 0.15) is 38.2 Å². The van der Waals surface area contributed by atoms with Crippen molar-refractivity contribution in [3.8, 4) is 0 Å². The minimum absolute atomic E-state index is 0.381. The first-order valence-electron chi connectivity index (χ1n) is 5.79. The Bertz CT molecular complexity index is 374. The summed E-state index contributed by atoms with van der Waals surface area (Å²) < 4.78 is 0. The molecule has 1 N–H and O–H groups in total. The average Bonchev–Trinajstić information content (AvgIpc) is 3.05. The summed E-state index contributed by atoms with van der Waals surface area (Å²) in [5.74, 6) is 0.381. The number of rotatable bonds is 4. The van der Waals surface area contributed by atoms with Gasteiger partial charge in [0, 0.05) is 12.1 Å². The maximum atomic E-state index is 6.22. The second-order valence-electron chi connectivity index (χ2n) is 4.66. The zero-order chi connectivity index (χ0) is 11.7. The molecule has 0 aromatic heterocycles. The molecule has 2 atom stereocenters. The molecule has 2 rings (SSSR count). The second kappa shape index (κ2) is 4.95. The van der Waals surface area contributed by atoms with Gasteiger partial charge >= 0.3 is 0 Å². The Hall–Kier alpha value is -0.240. The maximum absolute atomic E-state index is 6.22. The lowest BCUT2D eigenvalue weighted by atomic mass is 9.94. The predicted molar refractivity (Wildman–Crippen MR) is 70.5 cm³/mol. The Morgan fingerprint density at radius 3 is 2.56 bits per heavy atom.